The molecule has 1 aromatic heterocycles. The number of rotatable bonds is 10. The van der Waals surface area contributed by atoms with E-state index in [0.29, 0.717) is 5.92 Å². The van der Waals surface area contributed by atoms with Gasteiger partial charge < -0.3 is 29.3 Å². The van der Waals surface area contributed by atoms with Gasteiger partial charge in [0, 0.05) is 52.4 Å². The maximum absolute atomic E-state index is 5.92. The molecule has 30 heavy (non-hydrogen) atoms. The van der Waals surface area contributed by atoms with Crippen LogP contribution in [0.5, 0.6) is 0 Å². The number of aliphatic imine (C=N–C) groups is 1. The van der Waals surface area contributed by atoms with Gasteiger partial charge in [0.1, 0.15) is 11.5 Å². The monoisotopic (exact) mass is 536 g/mol. The van der Waals surface area contributed by atoms with E-state index in [0.717, 1.165) is 96.1 Å². The van der Waals surface area contributed by atoms with Crippen molar-refractivity contribution in [2.45, 2.75) is 25.8 Å². The highest BCUT2D eigenvalue weighted by Gasteiger charge is 2.25. The third-order valence-electron chi connectivity index (χ3n) is 5.40. The van der Waals surface area contributed by atoms with Crippen LogP contribution in [0, 0.1) is 12.8 Å². The molecule has 2 N–H and O–H groups in total. The van der Waals surface area contributed by atoms with Crippen molar-refractivity contribution in [2.24, 2.45) is 10.9 Å². The van der Waals surface area contributed by atoms with Gasteiger partial charge in [0.25, 0.3) is 0 Å². The van der Waals surface area contributed by atoms with Gasteiger partial charge in [-0.1, -0.05) is 0 Å². The van der Waals surface area contributed by atoms with Gasteiger partial charge in [-0.2, -0.15) is 0 Å². The summed E-state index contributed by atoms with van der Waals surface area (Å²) in [6, 6.07) is 4.25. The first kappa shape index (κ1) is 25.4. The van der Waals surface area contributed by atoms with E-state index in [9.17, 15) is 0 Å². The van der Waals surface area contributed by atoms with Gasteiger partial charge >= 0.3 is 0 Å². The van der Waals surface area contributed by atoms with Gasteiger partial charge in [-0.25, -0.2) is 0 Å². The van der Waals surface area contributed by atoms with E-state index < -0.39 is 0 Å². The summed E-state index contributed by atoms with van der Waals surface area (Å²) in [5, 5.41) is 6.82. The molecule has 2 unspecified atom stereocenters. The highest BCUT2D eigenvalue weighted by molar-refractivity contribution is 14.0. The van der Waals surface area contributed by atoms with Gasteiger partial charge in [0.05, 0.1) is 32.5 Å². The van der Waals surface area contributed by atoms with Crippen molar-refractivity contribution in [2.75, 3.05) is 72.9 Å². The lowest BCUT2D eigenvalue weighted by Crippen LogP contribution is -2.46. The van der Waals surface area contributed by atoms with Crippen LogP contribution in [-0.2, 0) is 14.2 Å². The predicted octanol–water partition coefficient (Wildman–Crippen LogP) is 2.19. The van der Waals surface area contributed by atoms with E-state index in [1.54, 1.807) is 7.05 Å². The minimum absolute atomic E-state index is 0. The first-order chi connectivity index (χ1) is 14.3. The molecular formula is C21H37IN4O4. The maximum atomic E-state index is 5.92. The number of nitrogens with zero attached hydrogens (tertiary/aromatic N) is 2. The zero-order valence-corrected chi connectivity index (χ0v) is 20.6. The number of furan rings is 1. The van der Waals surface area contributed by atoms with Crippen molar-refractivity contribution in [3.63, 3.8) is 0 Å². The molecule has 2 aliphatic heterocycles. The largest absolute Gasteiger partial charge is 0.465 e. The number of nitrogens with one attached hydrogen (secondary N) is 2. The first-order valence-electron chi connectivity index (χ1n) is 10.7. The van der Waals surface area contributed by atoms with Crippen molar-refractivity contribution in [3.8, 4) is 0 Å². The zero-order valence-electron chi connectivity index (χ0n) is 18.2. The van der Waals surface area contributed by atoms with Gasteiger partial charge in [-0.15, -0.1) is 24.0 Å². The molecule has 2 aliphatic rings. The second-order valence-electron chi connectivity index (χ2n) is 7.65. The molecule has 8 nitrogen and oxygen atoms in total. The van der Waals surface area contributed by atoms with Crippen LogP contribution >= 0.6 is 24.0 Å². The fourth-order valence-corrected chi connectivity index (χ4v) is 3.69. The summed E-state index contributed by atoms with van der Waals surface area (Å²) < 4.78 is 22.6. The van der Waals surface area contributed by atoms with Crippen LogP contribution in [0.2, 0.25) is 0 Å². The number of halogens is 1. The first-order valence-corrected chi connectivity index (χ1v) is 10.7. The highest BCUT2D eigenvalue weighted by Crippen LogP contribution is 2.23. The number of guanidine groups is 1. The Bertz CT molecular complexity index is 616. The quantitative estimate of drug-likeness (QED) is 0.206. The minimum Gasteiger partial charge on any atom is -0.465 e. The standard InChI is InChI=1S/C21H36N4O4.HI/c1-17-4-5-20(29-17)19(25-8-12-26-13-9-25)14-24-21(22-2)23-7-3-10-27-15-18-6-11-28-16-18;/h4-5,18-19H,3,6-16H2,1-2H3,(H2,22,23,24);1H. The Morgan fingerprint density at radius 2 is 2.07 bits per heavy atom. The Kier molecular flexibility index (Phi) is 12.0. The molecule has 0 aromatic carbocycles. The van der Waals surface area contributed by atoms with Crippen molar-refractivity contribution in [1.82, 2.24) is 15.5 Å². The smallest absolute Gasteiger partial charge is 0.191 e. The SMILES string of the molecule is CN=C(NCCCOCC1CCOC1)NCC(c1ccc(C)o1)N1CCOCC1.I. The third kappa shape index (κ3) is 8.33. The lowest BCUT2D eigenvalue weighted by atomic mass is 10.1. The van der Waals surface area contributed by atoms with Crippen molar-refractivity contribution < 1.29 is 18.6 Å². The summed E-state index contributed by atoms with van der Waals surface area (Å²) >= 11 is 0. The molecule has 9 heteroatoms. The van der Waals surface area contributed by atoms with Crippen LogP contribution in [0.3, 0.4) is 0 Å². The van der Waals surface area contributed by atoms with E-state index in [1.807, 2.05) is 13.0 Å². The summed E-state index contributed by atoms with van der Waals surface area (Å²) in [4.78, 5) is 6.75. The molecule has 0 amide bonds. The van der Waals surface area contributed by atoms with E-state index >= 15 is 0 Å². The summed E-state index contributed by atoms with van der Waals surface area (Å²) in [6.45, 7) is 10.1. The maximum Gasteiger partial charge on any atom is 0.191 e. The molecule has 0 saturated carbocycles. The number of ether oxygens (including phenoxy) is 3. The Morgan fingerprint density at radius 1 is 1.23 bits per heavy atom. The summed E-state index contributed by atoms with van der Waals surface area (Å²) in [5.41, 5.74) is 0. The van der Waals surface area contributed by atoms with E-state index in [4.69, 9.17) is 18.6 Å². The summed E-state index contributed by atoms with van der Waals surface area (Å²) in [5.74, 6) is 3.29. The number of aryl methyl sites for hydroxylation is 1. The second kappa shape index (κ2) is 14.2. The molecular weight excluding hydrogens is 499 g/mol. The summed E-state index contributed by atoms with van der Waals surface area (Å²) in [7, 11) is 1.80. The fraction of sp³-hybridized carbons (Fsp3) is 0.762. The molecule has 3 heterocycles. The van der Waals surface area contributed by atoms with Crippen LogP contribution in [0.1, 0.15) is 30.4 Å². The van der Waals surface area contributed by atoms with Gasteiger partial charge in [-0.3, -0.25) is 9.89 Å². The number of morpholine rings is 1. The molecule has 0 spiro atoms. The van der Waals surface area contributed by atoms with Crippen molar-refractivity contribution in [3.05, 3.63) is 23.7 Å². The molecule has 2 fully saturated rings. The predicted molar refractivity (Wildman–Crippen MR) is 128 cm³/mol. The topological polar surface area (TPSA) is 80.5 Å². The fourth-order valence-electron chi connectivity index (χ4n) is 3.69. The lowest BCUT2D eigenvalue weighted by molar-refractivity contribution is 0.0124. The second-order valence-corrected chi connectivity index (χ2v) is 7.65. The molecule has 0 aliphatic carbocycles. The van der Waals surface area contributed by atoms with Gasteiger partial charge in [0.2, 0.25) is 0 Å². The molecule has 0 radical (unpaired) electrons. The molecule has 2 atom stereocenters. The highest BCUT2D eigenvalue weighted by atomic mass is 127. The van der Waals surface area contributed by atoms with Crippen LogP contribution < -0.4 is 10.6 Å². The molecule has 0 bridgehead atoms. The van der Waals surface area contributed by atoms with Crippen LogP contribution in [0.25, 0.3) is 0 Å². The number of hydrogen-bond acceptors (Lipinski definition) is 6. The van der Waals surface area contributed by atoms with Gasteiger partial charge in [0.15, 0.2) is 5.96 Å². The third-order valence-corrected chi connectivity index (χ3v) is 5.40. The van der Waals surface area contributed by atoms with E-state index in [1.165, 1.54) is 0 Å². The lowest BCUT2D eigenvalue weighted by Gasteiger charge is -2.33. The molecule has 2 saturated heterocycles. The molecule has 3 rings (SSSR count). The van der Waals surface area contributed by atoms with Gasteiger partial charge in [-0.05, 0) is 31.9 Å². The Labute approximate surface area is 197 Å². The van der Waals surface area contributed by atoms with Crippen LogP contribution in [-0.4, -0.2) is 83.7 Å². The van der Waals surface area contributed by atoms with E-state index in [-0.39, 0.29) is 30.0 Å². The van der Waals surface area contributed by atoms with Crippen LogP contribution in [0.15, 0.2) is 21.5 Å². The average Bonchev–Trinajstić information content (AvgIpc) is 3.42. The zero-order chi connectivity index (χ0) is 20.3. The van der Waals surface area contributed by atoms with Crippen molar-refractivity contribution >= 4 is 29.9 Å². The minimum atomic E-state index is 0. The Morgan fingerprint density at radius 3 is 2.73 bits per heavy atom. The Balaban J connectivity index is 0.00000320. The summed E-state index contributed by atoms with van der Waals surface area (Å²) in [6.07, 6.45) is 2.06. The Hall–Kier alpha value is -0.880. The molecule has 1 aromatic rings. The normalized spacial score (nSPS) is 21.3. The van der Waals surface area contributed by atoms with E-state index in [2.05, 4.69) is 26.6 Å². The number of hydrogen-bond donors (Lipinski definition) is 2. The van der Waals surface area contributed by atoms with Crippen molar-refractivity contribution in [1.29, 1.82) is 0 Å². The average molecular weight is 536 g/mol. The van der Waals surface area contributed by atoms with Crippen LogP contribution in [0.4, 0.5) is 0 Å². The molecule has 172 valence electrons.